The largest absolute Gasteiger partial charge is 0.349 e. The van der Waals surface area contributed by atoms with Crippen LogP contribution in [-0.2, 0) is 0 Å². The van der Waals surface area contributed by atoms with Crippen LogP contribution in [0.25, 0.3) is 0 Å². The second kappa shape index (κ2) is 7.51. The van der Waals surface area contributed by atoms with Gasteiger partial charge in [-0.05, 0) is 50.5 Å². The van der Waals surface area contributed by atoms with Gasteiger partial charge in [0, 0.05) is 30.3 Å². The van der Waals surface area contributed by atoms with E-state index in [-0.39, 0.29) is 17.9 Å². The Hall–Kier alpha value is -2.62. The predicted octanol–water partition coefficient (Wildman–Crippen LogP) is 3.34. The molecule has 0 radical (unpaired) electrons. The predicted molar refractivity (Wildman–Crippen MR) is 98.7 cm³/mol. The quantitative estimate of drug-likeness (QED) is 0.934. The molecule has 1 fully saturated rings. The van der Waals surface area contributed by atoms with Crippen molar-refractivity contribution in [2.45, 2.75) is 32.7 Å². The highest BCUT2D eigenvalue weighted by molar-refractivity contribution is 5.96. The number of benzene rings is 2. The molecule has 0 bridgehead atoms. The number of hydrogen-bond donors (Lipinski definition) is 1. The summed E-state index contributed by atoms with van der Waals surface area (Å²) >= 11 is 0. The second-order valence-electron chi connectivity index (χ2n) is 6.72. The second-order valence-corrected chi connectivity index (χ2v) is 6.72. The van der Waals surface area contributed by atoms with Crippen molar-refractivity contribution in [3.05, 3.63) is 70.8 Å². The van der Waals surface area contributed by atoms with Crippen LogP contribution in [0.3, 0.4) is 0 Å². The molecule has 2 amide bonds. The van der Waals surface area contributed by atoms with Gasteiger partial charge in [-0.25, -0.2) is 0 Å². The first-order chi connectivity index (χ1) is 12.0. The van der Waals surface area contributed by atoms with Crippen LogP contribution >= 0.6 is 0 Å². The summed E-state index contributed by atoms with van der Waals surface area (Å²) in [4.78, 5) is 26.8. The number of piperidine rings is 1. The Kier molecular flexibility index (Phi) is 5.17. The summed E-state index contributed by atoms with van der Waals surface area (Å²) in [5.41, 5.74) is 3.63. The Morgan fingerprint density at radius 1 is 1.00 bits per heavy atom. The van der Waals surface area contributed by atoms with E-state index in [0.29, 0.717) is 18.7 Å². The fourth-order valence-corrected chi connectivity index (χ4v) is 3.31. The van der Waals surface area contributed by atoms with Crippen molar-refractivity contribution in [2.24, 2.45) is 0 Å². The average molecular weight is 336 g/mol. The molecule has 0 aromatic heterocycles. The van der Waals surface area contributed by atoms with Crippen LogP contribution in [0.1, 0.15) is 44.7 Å². The highest BCUT2D eigenvalue weighted by Gasteiger charge is 2.25. The van der Waals surface area contributed by atoms with E-state index in [1.165, 1.54) is 0 Å². The topological polar surface area (TPSA) is 49.4 Å². The smallest absolute Gasteiger partial charge is 0.254 e. The summed E-state index contributed by atoms with van der Waals surface area (Å²) in [5, 5.41) is 3.08. The van der Waals surface area contributed by atoms with Crippen molar-refractivity contribution >= 4 is 11.8 Å². The van der Waals surface area contributed by atoms with E-state index >= 15 is 0 Å². The number of carbonyl (C=O) groups excluding carboxylic acids is 2. The van der Waals surface area contributed by atoms with Gasteiger partial charge in [0.15, 0.2) is 0 Å². The molecular formula is C21H24N2O2. The van der Waals surface area contributed by atoms with Crippen molar-refractivity contribution in [1.29, 1.82) is 0 Å². The zero-order valence-electron chi connectivity index (χ0n) is 14.8. The van der Waals surface area contributed by atoms with E-state index < -0.39 is 0 Å². The van der Waals surface area contributed by atoms with Crippen LogP contribution < -0.4 is 5.32 Å². The average Bonchev–Trinajstić information content (AvgIpc) is 2.62. The molecule has 3 rings (SSSR count). The van der Waals surface area contributed by atoms with Crippen LogP contribution in [0.2, 0.25) is 0 Å². The van der Waals surface area contributed by atoms with E-state index in [2.05, 4.69) is 5.32 Å². The first-order valence-corrected chi connectivity index (χ1v) is 8.77. The van der Waals surface area contributed by atoms with Gasteiger partial charge >= 0.3 is 0 Å². The molecule has 1 N–H and O–H groups in total. The lowest BCUT2D eigenvalue weighted by Gasteiger charge is -2.32. The van der Waals surface area contributed by atoms with E-state index in [0.717, 1.165) is 29.5 Å². The van der Waals surface area contributed by atoms with Crippen molar-refractivity contribution < 1.29 is 9.59 Å². The van der Waals surface area contributed by atoms with Crippen molar-refractivity contribution in [3.8, 4) is 0 Å². The normalized spacial score (nSPS) is 15.0. The monoisotopic (exact) mass is 336 g/mol. The maximum Gasteiger partial charge on any atom is 0.254 e. The Morgan fingerprint density at radius 2 is 1.68 bits per heavy atom. The number of likely N-dealkylation sites (tertiary alicyclic amines) is 1. The van der Waals surface area contributed by atoms with Gasteiger partial charge in [-0.1, -0.05) is 35.9 Å². The molecule has 2 aromatic carbocycles. The lowest BCUT2D eigenvalue weighted by Crippen LogP contribution is -2.46. The van der Waals surface area contributed by atoms with Crippen molar-refractivity contribution in [3.63, 3.8) is 0 Å². The van der Waals surface area contributed by atoms with E-state index in [1.54, 1.807) is 0 Å². The van der Waals surface area contributed by atoms with Crippen LogP contribution in [-0.4, -0.2) is 35.8 Å². The minimum Gasteiger partial charge on any atom is -0.349 e. The highest BCUT2D eigenvalue weighted by atomic mass is 16.2. The molecule has 130 valence electrons. The van der Waals surface area contributed by atoms with Crippen LogP contribution in [0.5, 0.6) is 0 Å². The number of amides is 2. The van der Waals surface area contributed by atoms with E-state index in [9.17, 15) is 9.59 Å². The fraction of sp³-hybridized carbons (Fsp3) is 0.333. The molecule has 2 aromatic rings. The molecule has 1 heterocycles. The van der Waals surface area contributed by atoms with E-state index in [1.807, 2.05) is 67.3 Å². The fourth-order valence-electron chi connectivity index (χ4n) is 3.31. The zero-order valence-corrected chi connectivity index (χ0v) is 14.8. The number of aryl methyl sites for hydroxylation is 2. The number of hydrogen-bond acceptors (Lipinski definition) is 2. The van der Waals surface area contributed by atoms with E-state index in [4.69, 9.17) is 0 Å². The summed E-state index contributed by atoms with van der Waals surface area (Å²) in [6.45, 7) is 5.35. The van der Waals surface area contributed by atoms with Gasteiger partial charge in [0.1, 0.15) is 0 Å². The molecule has 0 saturated carbocycles. The third kappa shape index (κ3) is 4.08. The van der Waals surface area contributed by atoms with Gasteiger partial charge in [0.25, 0.3) is 11.8 Å². The molecule has 1 saturated heterocycles. The molecule has 0 aliphatic carbocycles. The molecule has 1 aliphatic heterocycles. The first-order valence-electron chi connectivity index (χ1n) is 8.77. The Balaban J connectivity index is 1.56. The van der Waals surface area contributed by atoms with Crippen molar-refractivity contribution in [2.75, 3.05) is 13.1 Å². The third-order valence-electron chi connectivity index (χ3n) is 4.77. The maximum absolute atomic E-state index is 12.7. The zero-order chi connectivity index (χ0) is 17.8. The van der Waals surface area contributed by atoms with Gasteiger partial charge in [0.2, 0.25) is 0 Å². The molecule has 0 spiro atoms. The van der Waals surface area contributed by atoms with Gasteiger partial charge in [0.05, 0.1) is 0 Å². The number of nitrogens with one attached hydrogen (secondary N) is 1. The minimum absolute atomic E-state index is 0.0419. The van der Waals surface area contributed by atoms with Gasteiger partial charge in [-0.15, -0.1) is 0 Å². The molecular weight excluding hydrogens is 312 g/mol. The highest BCUT2D eigenvalue weighted by Crippen LogP contribution is 2.18. The van der Waals surface area contributed by atoms with Crippen LogP contribution in [0.4, 0.5) is 0 Å². The molecule has 1 aliphatic rings. The maximum atomic E-state index is 12.7. The Labute approximate surface area is 148 Å². The number of nitrogens with zero attached hydrogens (tertiary/aromatic N) is 1. The van der Waals surface area contributed by atoms with Gasteiger partial charge in [-0.2, -0.15) is 0 Å². The third-order valence-corrected chi connectivity index (χ3v) is 4.77. The number of rotatable bonds is 3. The minimum atomic E-state index is -0.0419. The summed E-state index contributed by atoms with van der Waals surface area (Å²) < 4.78 is 0. The molecule has 4 heteroatoms. The SMILES string of the molecule is Cc1ccc(C(=O)N2CCC(NC(=O)c3ccccc3)CC2)c(C)c1. The lowest BCUT2D eigenvalue weighted by molar-refractivity contribution is 0.0697. The Bertz CT molecular complexity index is 763. The molecule has 0 atom stereocenters. The number of carbonyl (C=O) groups is 2. The van der Waals surface area contributed by atoms with Gasteiger partial charge < -0.3 is 10.2 Å². The summed E-state index contributed by atoms with van der Waals surface area (Å²) in [5.74, 6) is 0.0464. The summed E-state index contributed by atoms with van der Waals surface area (Å²) in [6, 6.07) is 15.3. The summed E-state index contributed by atoms with van der Waals surface area (Å²) in [7, 11) is 0. The lowest BCUT2D eigenvalue weighted by atomic mass is 10.0. The molecule has 25 heavy (non-hydrogen) atoms. The summed E-state index contributed by atoms with van der Waals surface area (Å²) in [6.07, 6.45) is 1.57. The molecule has 4 nitrogen and oxygen atoms in total. The van der Waals surface area contributed by atoms with Gasteiger partial charge in [-0.3, -0.25) is 9.59 Å². The van der Waals surface area contributed by atoms with Crippen molar-refractivity contribution in [1.82, 2.24) is 10.2 Å². The standard InChI is InChI=1S/C21H24N2O2/c1-15-8-9-19(16(2)14-15)21(25)23-12-10-18(11-13-23)22-20(24)17-6-4-3-5-7-17/h3-9,14,18H,10-13H2,1-2H3,(H,22,24). The molecule has 0 unspecified atom stereocenters. The Morgan fingerprint density at radius 3 is 2.32 bits per heavy atom. The van der Waals surface area contributed by atoms with Crippen LogP contribution in [0, 0.1) is 13.8 Å². The first kappa shape index (κ1) is 17.2. The van der Waals surface area contributed by atoms with Crippen LogP contribution in [0.15, 0.2) is 48.5 Å².